The zero-order valence-corrected chi connectivity index (χ0v) is 21.3. The van der Waals surface area contributed by atoms with Crippen LogP contribution in [-0.2, 0) is 23.4 Å². The molecule has 2 heterocycles. The maximum atomic E-state index is 13.4. The van der Waals surface area contributed by atoms with E-state index in [1.54, 1.807) is 30.3 Å². The van der Waals surface area contributed by atoms with Gasteiger partial charge in [0.15, 0.2) is 0 Å². The number of methoxy groups -OCH3 is 1. The SMILES string of the molecule is COC(=O)[C@H](C)NP(=O)(OC[C@@H]1O[C@H](n2cc(/C=C/Br)c(=O)[nH]c2=O)C[C@H]1O)Oc1ccccc1. The van der Waals surface area contributed by atoms with E-state index in [4.69, 9.17) is 13.8 Å². The van der Waals surface area contributed by atoms with E-state index in [1.165, 1.54) is 31.3 Å². The Hall–Kier alpha value is -2.54. The number of ether oxygens (including phenoxy) is 2. The summed E-state index contributed by atoms with van der Waals surface area (Å²) >= 11 is 3.08. The standard InChI is InChI=1S/C21H25BrN3O9P/c1-13(20(28)31-2)24-35(30,34-15-6-4-3-5-7-15)32-12-17-16(26)10-18(33-17)25-11-14(8-9-22)19(27)23-21(25)29/h3-9,11,13,16-18,26H,10,12H2,1-2H3,(H,24,30)(H,23,27,29)/b9-8+/t13-,16+,17-,18-,35?/m0/s1. The lowest BCUT2D eigenvalue weighted by molar-refractivity contribution is -0.142. The van der Waals surface area contributed by atoms with Gasteiger partial charge in [-0.25, -0.2) is 9.36 Å². The van der Waals surface area contributed by atoms with E-state index in [-0.39, 0.29) is 17.7 Å². The largest absolute Gasteiger partial charge is 0.468 e. The van der Waals surface area contributed by atoms with Crippen molar-refractivity contribution in [1.29, 1.82) is 0 Å². The Morgan fingerprint density at radius 3 is 2.77 bits per heavy atom. The number of carbonyl (C=O) groups excluding carboxylic acids is 1. The molecule has 0 saturated carbocycles. The van der Waals surface area contributed by atoms with E-state index in [1.807, 2.05) is 0 Å². The maximum absolute atomic E-state index is 13.4. The first-order chi connectivity index (χ1) is 16.7. The van der Waals surface area contributed by atoms with Crippen LogP contribution >= 0.6 is 23.7 Å². The molecule has 14 heteroatoms. The number of rotatable bonds is 10. The molecule has 5 atom stereocenters. The molecule has 0 radical (unpaired) electrons. The van der Waals surface area contributed by atoms with Crippen molar-refractivity contribution in [3.8, 4) is 5.75 Å². The Bertz CT molecular complexity index is 1220. The molecule has 0 aliphatic carbocycles. The van der Waals surface area contributed by atoms with Crippen LogP contribution in [0, 0.1) is 0 Å². The lowest BCUT2D eigenvalue weighted by Crippen LogP contribution is -2.36. The summed E-state index contributed by atoms with van der Waals surface area (Å²) < 4.78 is 36.0. The van der Waals surface area contributed by atoms with Crippen molar-refractivity contribution in [2.75, 3.05) is 13.7 Å². The number of halogens is 1. The third kappa shape index (κ3) is 7.00. The van der Waals surface area contributed by atoms with Crippen molar-refractivity contribution in [3.63, 3.8) is 0 Å². The van der Waals surface area contributed by atoms with Crippen LogP contribution in [0.4, 0.5) is 0 Å². The van der Waals surface area contributed by atoms with Crippen LogP contribution in [0.2, 0.25) is 0 Å². The van der Waals surface area contributed by atoms with E-state index in [0.29, 0.717) is 0 Å². The highest BCUT2D eigenvalue weighted by atomic mass is 79.9. The summed E-state index contributed by atoms with van der Waals surface area (Å²) in [5, 5.41) is 13.0. The Morgan fingerprint density at radius 1 is 1.40 bits per heavy atom. The normalized spacial score (nSPS) is 22.6. The van der Waals surface area contributed by atoms with E-state index < -0.39 is 56.0 Å². The van der Waals surface area contributed by atoms with Gasteiger partial charge < -0.3 is 19.1 Å². The molecule has 3 rings (SSSR count). The van der Waals surface area contributed by atoms with Crippen LogP contribution in [0.5, 0.6) is 5.75 Å². The highest BCUT2D eigenvalue weighted by molar-refractivity contribution is 9.11. The van der Waals surface area contributed by atoms with Gasteiger partial charge in [0.2, 0.25) is 0 Å². The van der Waals surface area contributed by atoms with Crippen LogP contribution in [0.15, 0.2) is 51.1 Å². The average Bonchev–Trinajstić information content (AvgIpc) is 3.19. The molecule has 1 saturated heterocycles. The van der Waals surface area contributed by atoms with Gasteiger partial charge in [0.05, 0.1) is 25.4 Å². The van der Waals surface area contributed by atoms with Gasteiger partial charge in [-0.2, -0.15) is 5.09 Å². The molecule has 12 nitrogen and oxygen atoms in total. The summed E-state index contributed by atoms with van der Waals surface area (Å²) in [6.45, 7) is 1.03. The van der Waals surface area contributed by atoms with Gasteiger partial charge in [-0.1, -0.05) is 34.1 Å². The van der Waals surface area contributed by atoms with Gasteiger partial charge in [0, 0.05) is 12.6 Å². The second kappa shape index (κ2) is 11.9. The Balaban J connectivity index is 1.75. The second-order valence-corrected chi connectivity index (χ2v) is 9.77. The first kappa shape index (κ1) is 27.1. The smallest absolute Gasteiger partial charge is 0.459 e. The van der Waals surface area contributed by atoms with Crippen LogP contribution in [0.3, 0.4) is 0 Å². The van der Waals surface area contributed by atoms with Crippen LogP contribution < -0.4 is 20.9 Å². The molecule has 190 valence electrons. The molecule has 1 fully saturated rings. The van der Waals surface area contributed by atoms with Gasteiger partial charge in [0.25, 0.3) is 5.56 Å². The summed E-state index contributed by atoms with van der Waals surface area (Å²) in [5.41, 5.74) is -1.10. The minimum atomic E-state index is -4.14. The molecule has 1 unspecified atom stereocenters. The molecule has 0 bridgehead atoms. The van der Waals surface area contributed by atoms with E-state index in [9.17, 15) is 24.1 Å². The van der Waals surface area contributed by atoms with Crippen molar-refractivity contribution in [2.24, 2.45) is 0 Å². The summed E-state index contributed by atoms with van der Waals surface area (Å²) in [6.07, 6.45) is -0.224. The third-order valence-electron chi connectivity index (χ3n) is 5.04. The number of hydrogen-bond donors (Lipinski definition) is 3. The predicted molar refractivity (Wildman–Crippen MR) is 129 cm³/mol. The summed E-state index contributed by atoms with van der Waals surface area (Å²) in [7, 11) is -2.95. The molecule has 0 amide bonds. The summed E-state index contributed by atoms with van der Waals surface area (Å²) in [4.78, 5) is 39.7. The quantitative estimate of drug-likeness (QED) is 0.283. The van der Waals surface area contributed by atoms with E-state index in [2.05, 4.69) is 30.7 Å². The first-order valence-electron chi connectivity index (χ1n) is 10.5. The number of para-hydroxylation sites is 1. The Labute approximate surface area is 208 Å². The molecular weight excluding hydrogens is 549 g/mol. The van der Waals surface area contributed by atoms with Crippen molar-refractivity contribution < 1.29 is 33.0 Å². The summed E-state index contributed by atoms with van der Waals surface area (Å²) in [6, 6.07) is 7.15. The number of aliphatic hydroxyl groups is 1. The highest BCUT2D eigenvalue weighted by Crippen LogP contribution is 2.45. The molecule has 0 spiro atoms. The number of hydrogen-bond acceptors (Lipinski definition) is 9. The fraction of sp³-hybridized carbons (Fsp3) is 0.381. The molecular formula is C21H25BrN3O9P. The monoisotopic (exact) mass is 573 g/mol. The highest BCUT2D eigenvalue weighted by Gasteiger charge is 2.39. The van der Waals surface area contributed by atoms with Gasteiger partial charge in [0.1, 0.15) is 24.1 Å². The number of aromatic nitrogens is 2. The number of esters is 1. The lowest BCUT2D eigenvalue weighted by atomic mass is 10.2. The van der Waals surface area contributed by atoms with Gasteiger partial charge in [-0.3, -0.25) is 23.7 Å². The second-order valence-electron chi connectivity index (χ2n) is 7.55. The number of H-pyrrole nitrogens is 1. The number of benzene rings is 1. The molecule has 3 N–H and O–H groups in total. The Morgan fingerprint density at radius 2 is 2.11 bits per heavy atom. The molecule has 1 aliphatic rings. The third-order valence-corrected chi connectivity index (χ3v) is 6.94. The number of carbonyl (C=O) groups is 1. The molecule has 1 aromatic carbocycles. The van der Waals surface area contributed by atoms with E-state index >= 15 is 0 Å². The van der Waals surface area contributed by atoms with Crippen LogP contribution in [0.1, 0.15) is 25.1 Å². The van der Waals surface area contributed by atoms with E-state index in [0.717, 1.165) is 4.57 Å². The molecule has 35 heavy (non-hydrogen) atoms. The number of nitrogens with zero attached hydrogens (tertiary/aromatic N) is 1. The Kier molecular flexibility index (Phi) is 9.22. The predicted octanol–water partition coefficient (Wildman–Crippen LogP) is 1.91. The minimum absolute atomic E-state index is 0.00722. The zero-order valence-electron chi connectivity index (χ0n) is 18.8. The van der Waals surface area contributed by atoms with Gasteiger partial charge in [-0.05, 0) is 30.1 Å². The van der Waals surface area contributed by atoms with Gasteiger partial charge >= 0.3 is 19.4 Å². The van der Waals surface area contributed by atoms with Crippen molar-refractivity contribution in [3.05, 3.63) is 67.9 Å². The average molecular weight is 574 g/mol. The molecule has 1 aliphatic heterocycles. The lowest BCUT2D eigenvalue weighted by Gasteiger charge is -2.24. The van der Waals surface area contributed by atoms with Gasteiger partial charge in [-0.15, -0.1) is 0 Å². The fourth-order valence-electron chi connectivity index (χ4n) is 3.29. The fourth-order valence-corrected chi connectivity index (χ4v) is 5.07. The topological polar surface area (TPSA) is 158 Å². The van der Waals surface area contributed by atoms with Crippen molar-refractivity contribution in [1.82, 2.24) is 14.6 Å². The van der Waals surface area contributed by atoms with Crippen molar-refractivity contribution >= 4 is 35.7 Å². The maximum Gasteiger partial charge on any atom is 0.459 e. The van der Waals surface area contributed by atoms with Crippen LogP contribution in [0.25, 0.3) is 6.08 Å². The summed E-state index contributed by atoms with van der Waals surface area (Å²) in [5.74, 6) is -0.466. The zero-order chi connectivity index (χ0) is 25.6. The van der Waals surface area contributed by atoms with Crippen LogP contribution in [-0.4, -0.2) is 52.6 Å². The number of aromatic amines is 1. The van der Waals surface area contributed by atoms with Crippen molar-refractivity contribution in [2.45, 2.75) is 37.8 Å². The molecule has 1 aromatic heterocycles. The first-order valence-corrected chi connectivity index (χ1v) is 12.9. The number of nitrogens with one attached hydrogen (secondary N) is 2. The minimum Gasteiger partial charge on any atom is -0.468 e. The number of aliphatic hydroxyl groups excluding tert-OH is 1. The molecule has 2 aromatic rings.